The average molecular weight is 250 g/mol. The Bertz CT molecular complexity index is 665. The van der Waals surface area contributed by atoms with E-state index in [-0.39, 0.29) is 17.2 Å². The molecule has 1 N–H and O–H groups in total. The molecule has 6 nitrogen and oxygen atoms in total. The Kier molecular flexibility index (Phi) is 2.84. The normalized spacial score (nSPS) is 10.1. The van der Waals surface area contributed by atoms with Crippen molar-refractivity contribution in [2.24, 2.45) is 4.36 Å². The van der Waals surface area contributed by atoms with Gasteiger partial charge in [0, 0.05) is 16.8 Å². The van der Waals surface area contributed by atoms with Gasteiger partial charge in [-0.25, -0.2) is 0 Å². The molecule has 2 rings (SSSR count). The largest absolute Gasteiger partial charge is 0.502 e. The van der Waals surface area contributed by atoms with E-state index < -0.39 is 10.7 Å². The lowest BCUT2D eigenvalue weighted by atomic mass is 10.1. The molecule has 7 heteroatoms. The van der Waals surface area contributed by atoms with E-state index in [1.165, 1.54) is 18.2 Å². The molecule has 0 heterocycles. The van der Waals surface area contributed by atoms with Gasteiger partial charge in [-0.15, -0.1) is 0 Å². The number of nitro benzene ring substituents is 1. The molecule has 0 amide bonds. The Hall–Kier alpha value is -2.28. The minimum absolute atomic E-state index is 0.0454. The van der Waals surface area contributed by atoms with Crippen LogP contribution in [0.15, 0.2) is 34.7 Å². The van der Waals surface area contributed by atoms with Crippen LogP contribution in [0.2, 0.25) is 0 Å². The van der Waals surface area contributed by atoms with E-state index in [9.17, 15) is 19.4 Å². The van der Waals surface area contributed by atoms with Gasteiger partial charge in [-0.2, -0.15) is 8.57 Å². The van der Waals surface area contributed by atoms with Gasteiger partial charge in [-0.1, -0.05) is 12.1 Å². The number of nitro groups is 1. The van der Waals surface area contributed by atoms with Crippen molar-refractivity contribution in [2.75, 3.05) is 0 Å². The summed E-state index contributed by atoms with van der Waals surface area (Å²) >= 11 is 0.0454. The molecule has 0 spiro atoms. The molecule has 17 heavy (non-hydrogen) atoms. The Morgan fingerprint density at radius 1 is 1.24 bits per heavy atom. The predicted octanol–water partition coefficient (Wildman–Crippen LogP) is 2.48. The number of rotatable bonds is 2. The molecule has 2 aromatic carbocycles. The van der Waals surface area contributed by atoms with Crippen LogP contribution in [0.4, 0.5) is 11.4 Å². The summed E-state index contributed by atoms with van der Waals surface area (Å²) in [6.45, 7) is 0. The second-order valence-corrected chi connectivity index (χ2v) is 3.56. The quantitative estimate of drug-likeness (QED) is 0.654. The van der Waals surface area contributed by atoms with E-state index >= 15 is 0 Å². The van der Waals surface area contributed by atoms with Crippen molar-refractivity contribution in [1.82, 2.24) is 0 Å². The zero-order valence-electron chi connectivity index (χ0n) is 8.36. The first-order chi connectivity index (χ1) is 8.15. The van der Waals surface area contributed by atoms with Crippen LogP contribution in [0.25, 0.3) is 10.8 Å². The molecular weight excluding hydrogens is 244 g/mol. The highest BCUT2D eigenvalue weighted by Gasteiger charge is 2.16. The fraction of sp³-hybridized carbons (Fsp3) is 0. The van der Waals surface area contributed by atoms with Gasteiger partial charge in [0.05, 0.1) is 10.6 Å². The van der Waals surface area contributed by atoms with Crippen LogP contribution >= 0.6 is 0 Å². The Balaban J connectivity index is 2.84. The predicted molar refractivity (Wildman–Crippen MR) is 62.5 cm³/mol. The third-order valence-electron chi connectivity index (χ3n) is 2.32. The average Bonchev–Trinajstić information content (AvgIpc) is 2.30. The number of benzene rings is 2. The first kappa shape index (κ1) is 11.2. The summed E-state index contributed by atoms with van der Waals surface area (Å²) in [5.41, 5.74) is 0.0112. The van der Waals surface area contributed by atoms with Crippen molar-refractivity contribution < 1.29 is 14.2 Å². The Morgan fingerprint density at radius 3 is 2.65 bits per heavy atom. The molecule has 0 saturated heterocycles. The van der Waals surface area contributed by atoms with Crippen LogP contribution < -0.4 is 0 Å². The zero-order valence-corrected chi connectivity index (χ0v) is 9.18. The number of aromatic hydroxyl groups is 1. The number of fused-ring (bicyclic) bond motifs is 1. The van der Waals surface area contributed by atoms with Crippen molar-refractivity contribution >= 4 is 33.6 Å². The third kappa shape index (κ3) is 1.87. The van der Waals surface area contributed by atoms with Crippen molar-refractivity contribution in [3.8, 4) is 5.75 Å². The summed E-state index contributed by atoms with van der Waals surface area (Å²) in [4.78, 5) is 9.98. The van der Waals surface area contributed by atoms with Crippen LogP contribution in [0.1, 0.15) is 0 Å². The topological polar surface area (TPSA) is 92.8 Å². The van der Waals surface area contributed by atoms with E-state index in [4.69, 9.17) is 0 Å². The lowest BCUT2D eigenvalue weighted by Gasteiger charge is -2.03. The maximum absolute atomic E-state index is 10.6. The molecule has 86 valence electrons. The summed E-state index contributed by atoms with van der Waals surface area (Å²) in [7, 11) is 0. The standard InChI is InChI=1S/C10H6N2O4S/c13-10-7-2-1-3-8(11-17-16)6(7)4-5-9(10)12(14)15/h1-5,13H. The molecule has 0 aliphatic carbocycles. The number of nitrogens with zero attached hydrogens (tertiary/aromatic N) is 2. The van der Waals surface area contributed by atoms with Gasteiger partial charge < -0.3 is 5.11 Å². The van der Waals surface area contributed by atoms with E-state index in [1.807, 2.05) is 0 Å². The summed E-state index contributed by atoms with van der Waals surface area (Å²) in [6, 6.07) is 7.35. The highest BCUT2D eigenvalue weighted by atomic mass is 32.1. The third-order valence-corrected chi connectivity index (χ3v) is 2.59. The SMILES string of the molecule is O=S=Nc1cccc2c(O)c([N+](=O)[O-])ccc12. The maximum Gasteiger partial charge on any atom is 0.311 e. The number of hydrogen-bond donors (Lipinski definition) is 1. The molecule has 0 atom stereocenters. The second kappa shape index (κ2) is 4.30. The molecule has 0 aromatic heterocycles. The molecule has 2 aromatic rings. The van der Waals surface area contributed by atoms with Gasteiger partial charge in [0.25, 0.3) is 0 Å². The monoisotopic (exact) mass is 250 g/mol. The lowest BCUT2D eigenvalue weighted by Crippen LogP contribution is -1.88. The van der Waals surface area contributed by atoms with E-state index in [2.05, 4.69) is 4.36 Å². The zero-order chi connectivity index (χ0) is 12.4. The highest BCUT2D eigenvalue weighted by Crippen LogP contribution is 2.37. The lowest BCUT2D eigenvalue weighted by molar-refractivity contribution is -0.385. The van der Waals surface area contributed by atoms with Gasteiger partial charge in [-0.3, -0.25) is 10.1 Å². The van der Waals surface area contributed by atoms with E-state index in [1.54, 1.807) is 12.1 Å². The molecule has 0 fully saturated rings. The van der Waals surface area contributed by atoms with E-state index in [0.717, 1.165) is 0 Å². The fourth-order valence-electron chi connectivity index (χ4n) is 1.58. The van der Waals surface area contributed by atoms with Gasteiger partial charge in [0.1, 0.15) is 0 Å². The molecule has 0 radical (unpaired) electrons. The molecule has 0 bridgehead atoms. The first-order valence-electron chi connectivity index (χ1n) is 4.54. The van der Waals surface area contributed by atoms with Crippen LogP contribution in [-0.2, 0) is 11.5 Å². The smallest absolute Gasteiger partial charge is 0.311 e. The van der Waals surface area contributed by atoms with Gasteiger partial charge >= 0.3 is 5.69 Å². The van der Waals surface area contributed by atoms with E-state index in [0.29, 0.717) is 16.5 Å². The fourth-order valence-corrected chi connectivity index (χ4v) is 1.82. The number of hydrogen-bond acceptors (Lipinski definition) is 5. The molecule has 0 aliphatic rings. The summed E-state index contributed by atoms with van der Waals surface area (Å²) in [5.74, 6) is -0.416. The number of phenolic OH excluding ortho intramolecular Hbond substituents is 1. The summed E-state index contributed by atoms with van der Waals surface area (Å²) in [6.07, 6.45) is 0. The number of phenols is 1. The Labute approximate surface area is 98.9 Å². The summed E-state index contributed by atoms with van der Waals surface area (Å²) in [5, 5.41) is 21.2. The minimum Gasteiger partial charge on any atom is -0.502 e. The molecular formula is C10H6N2O4S. The van der Waals surface area contributed by atoms with Crippen LogP contribution in [-0.4, -0.2) is 14.2 Å². The molecule has 0 saturated carbocycles. The van der Waals surface area contributed by atoms with Gasteiger partial charge in [-0.05, 0) is 12.1 Å². The maximum atomic E-state index is 10.6. The van der Waals surface area contributed by atoms with Crippen LogP contribution in [0, 0.1) is 10.1 Å². The molecule has 0 unspecified atom stereocenters. The Morgan fingerprint density at radius 2 is 2.00 bits per heavy atom. The first-order valence-corrected chi connectivity index (χ1v) is 5.24. The van der Waals surface area contributed by atoms with Gasteiger partial charge in [0.2, 0.25) is 17.2 Å². The van der Waals surface area contributed by atoms with Crippen molar-refractivity contribution in [3.05, 3.63) is 40.4 Å². The van der Waals surface area contributed by atoms with Crippen LogP contribution in [0.3, 0.4) is 0 Å². The molecule has 0 aliphatic heterocycles. The van der Waals surface area contributed by atoms with Crippen molar-refractivity contribution in [3.63, 3.8) is 0 Å². The van der Waals surface area contributed by atoms with Crippen molar-refractivity contribution in [1.29, 1.82) is 0 Å². The van der Waals surface area contributed by atoms with Gasteiger partial charge in [0.15, 0.2) is 0 Å². The van der Waals surface area contributed by atoms with Crippen molar-refractivity contribution in [2.45, 2.75) is 0 Å². The second-order valence-electron chi connectivity index (χ2n) is 3.23. The summed E-state index contributed by atoms with van der Waals surface area (Å²) < 4.78 is 14.0. The minimum atomic E-state index is -0.666. The van der Waals surface area contributed by atoms with Crippen LogP contribution in [0.5, 0.6) is 5.75 Å². The highest BCUT2D eigenvalue weighted by molar-refractivity contribution is 7.54.